The van der Waals surface area contributed by atoms with E-state index in [1.54, 1.807) is 14.2 Å². The van der Waals surface area contributed by atoms with Crippen LogP contribution in [0.4, 0.5) is 0 Å². The molecule has 4 nitrogen and oxygen atoms in total. The molecule has 1 saturated heterocycles. The summed E-state index contributed by atoms with van der Waals surface area (Å²) in [6.07, 6.45) is 2.94. The predicted octanol–water partition coefficient (Wildman–Crippen LogP) is 1.75. The number of nitrogens with one attached hydrogen (secondary N) is 1. The number of hydrogen-bond donors (Lipinski definition) is 1. The molecule has 20 heavy (non-hydrogen) atoms. The second kappa shape index (κ2) is 6.73. The lowest BCUT2D eigenvalue weighted by Crippen LogP contribution is -2.66. The second-order valence-corrected chi connectivity index (χ2v) is 7.13. The van der Waals surface area contributed by atoms with Gasteiger partial charge in [0, 0.05) is 45.4 Å². The van der Waals surface area contributed by atoms with Crippen molar-refractivity contribution in [3.63, 3.8) is 0 Å². The minimum absolute atomic E-state index is 0.169. The monoisotopic (exact) mass is 284 g/mol. The molecule has 0 radical (unpaired) electrons. The number of nitrogens with zero attached hydrogens (tertiary/aromatic N) is 1. The van der Waals surface area contributed by atoms with Gasteiger partial charge in [0.15, 0.2) is 0 Å². The Labute approximate surface area is 124 Å². The molecule has 1 aliphatic heterocycles. The van der Waals surface area contributed by atoms with Gasteiger partial charge in [-0.15, -0.1) is 0 Å². The maximum absolute atomic E-state index is 5.58. The fraction of sp³-hybridized carbons (Fsp3) is 1.00. The number of methoxy groups -OCH3 is 2. The minimum atomic E-state index is 0.169. The van der Waals surface area contributed by atoms with E-state index in [4.69, 9.17) is 9.47 Å². The van der Waals surface area contributed by atoms with Crippen molar-refractivity contribution in [3.05, 3.63) is 0 Å². The van der Waals surface area contributed by atoms with Gasteiger partial charge in [-0.3, -0.25) is 4.90 Å². The van der Waals surface area contributed by atoms with Gasteiger partial charge in [0.05, 0.1) is 12.7 Å². The first-order chi connectivity index (χ1) is 9.50. The third-order valence-electron chi connectivity index (χ3n) is 5.09. The molecule has 0 aromatic rings. The lowest BCUT2D eigenvalue weighted by Gasteiger charge is -2.49. The van der Waals surface area contributed by atoms with E-state index in [1.807, 2.05) is 0 Å². The van der Waals surface area contributed by atoms with Crippen LogP contribution in [0, 0.1) is 11.8 Å². The van der Waals surface area contributed by atoms with Gasteiger partial charge in [0.25, 0.3) is 0 Å². The summed E-state index contributed by atoms with van der Waals surface area (Å²) in [6, 6.07) is 0.594. The highest BCUT2D eigenvalue weighted by Gasteiger charge is 2.46. The molecular formula is C16H32N2O2. The summed E-state index contributed by atoms with van der Waals surface area (Å²) < 4.78 is 10.9. The quantitative estimate of drug-likeness (QED) is 0.772. The highest BCUT2D eigenvalue weighted by Crippen LogP contribution is 2.41. The standard InChI is InChI=1S/C16H32N2O2/c1-12(2)15-8-17-16(3,13-6-7-13)11-18(15)9-14(20-5)10-19-4/h12-15,17H,6-11H2,1-5H3. The predicted molar refractivity (Wildman–Crippen MR) is 82.0 cm³/mol. The lowest BCUT2D eigenvalue weighted by molar-refractivity contribution is -0.0285. The molecule has 1 saturated carbocycles. The average Bonchev–Trinajstić information content (AvgIpc) is 3.22. The van der Waals surface area contributed by atoms with E-state index in [2.05, 4.69) is 31.0 Å². The topological polar surface area (TPSA) is 33.7 Å². The molecule has 0 aromatic carbocycles. The Balaban J connectivity index is 2.02. The summed E-state index contributed by atoms with van der Waals surface area (Å²) >= 11 is 0. The molecule has 3 atom stereocenters. The molecule has 0 amide bonds. The Hall–Kier alpha value is -0.160. The summed E-state index contributed by atoms with van der Waals surface area (Å²) in [5.74, 6) is 1.52. The Morgan fingerprint density at radius 2 is 2.00 bits per heavy atom. The fourth-order valence-electron chi connectivity index (χ4n) is 3.56. The molecule has 3 unspecified atom stereocenters. The van der Waals surface area contributed by atoms with E-state index in [0.29, 0.717) is 18.6 Å². The summed E-state index contributed by atoms with van der Waals surface area (Å²) in [4.78, 5) is 2.63. The molecule has 0 bridgehead atoms. The van der Waals surface area contributed by atoms with E-state index in [-0.39, 0.29) is 11.6 Å². The zero-order valence-electron chi connectivity index (χ0n) is 13.8. The number of hydrogen-bond acceptors (Lipinski definition) is 4. The van der Waals surface area contributed by atoms with Crippen LogP contribution in [-0.2, 0) is 9.47 Å². The number of ether oxygens (including phenoxy) is 2. The van der Waals surface area contributed by atoms with Gasteiger partial charge in [0.2, 0.25) is 0 Å². The zero-order valence-corrected chi connectivity index (χ0v) is 13.8. The Bertz CT molecular complexity index is 307. The van der Waals surface area contributed by atoms with Gasteiger partial charge in [-0.05, 0) is 31.6 Å². The van der Waals surface area contributed by atoms with Gasteiger partial charge < -0.3 is 14.8 Å². The zero-order chi connectivity index (χ0) is 14.8. The molecule has 1 N–H and O–H groups in total. The van der Waals surface area contributed by atoms with Gasteiger partial charge >= 0.3 is 0 Å². The molecular weight excluding hydrogens is 252 g/mol. The summed E-state index contributed by atoms with van der Waals surface area (Å²) in [7, 11) is 3.54. The van der Waals surface area contributed by atoms with Crippen LogP contribution in [0.1, 0.15) is 33.6 Å². The molecule has 2 aliphatic rings. The van der Waals surface area contributed by atoms with E-state index < -0.39 is 0 Å². The molecule has 1 aliphatic carbocycles. The lowest BCUT2D eigenvalue weighted by atomic mass is 9.88. The van der Waals surface area contributed by atoms with Crippen LogP contribution >= 0.6 is 0 Å². The second-order valence-electron chi connectivity index (χ2n) is 7.13. The van der Waals surface area contributed by atoms with Crippen molar-refractivity contribution in [3.8, 4) is 0 Å². The van der Waals surface area contributed by atoms with Gasteiger partial charge in [-0.25, -0.2) is 0 Å². The summed E-state index contributed by atoms with van der Waals surface area (Å²) in [5, 5.41) is 3.83. The largest absolute Gasteiger partial charge is 0.382 e. The van der Waals surface area contributed by atoms with Crippen LogP contribution in [0.5, 0.6) is 0 Å². The van der Waals surface area contributed by atoms with Crippen molar-refractivity contribution in [2.24, 2.45) is 11.8 Å². The first kappa shape index (κ1) is 16.2. The van der Waals surface area contributed by atoms with Crippen molar-refractivity contribution in [2.75, 3.05) is 40.5 Å². The minimum Gasteiger partial charge on any atom is -0.382 e. The van der Waals surface area contributed by atoms with Crippen LogP contribution in [0.3, 0.4) is 0 Å². The van der Waals surface area contributed by atoms with Crippen molar-refractivity contribution >= 4 is 0 Å². The third-order valence-corrected chi connectivity index (χ3v) is 5.09. The van der Waals surface area contributed by atoms with Gasteiger partial charge in [0.1, 0.15) is 0 Å². The third kappa shape index (κ3) is 3.73. The number of rotatable bonds is 7. The molecule has 1 heterocycles. The molecule has 0 spiro atoms. The van der Waals surface area contributed by atoms with E-state index in [1.165, 1.54) is 12.8 Å². The maximum Gasteiger partial charge on any atom is 0.0931 e. The fourth-order valence-corrected chi connectivity index (χ4v) is 3.56. The molecule has 2 fully saturated rings. The van der Waals surface area contributed by atoms with Gasteiger partial charge in [-0.1, -0.05) is 13.8 Å². The van der Waals surface area contributed by atoms with Gasteiger partial charge in [-0.2, -0.15) is 0 Å². The van der Waals surface area contributed by atoms with Crippen molar-refractivity contribution in [2.45, 2.75) is 51.3 Å². The smallest absolute Gasteiger partial charge is 0.0931 e. The molecule has 118 valence electrons. The number of piperazine rings is 1. The highest BCUT2D eigenvalue weighted by molar-refractivity contribution is 5.04. The molecule has 0 aromatic heterocycles. The van der Waals surface area contributed by atoms with E-state index in [9.17, 15) is 0 Å². The van der Waals surface area contributed by atoms with Crippen molar-refractivity contribution in [1.82, 2.24) is 10.2 Å². The molecule has 4 heteroatoms. The summed E-state index contributed by atoms with van der Waals surface area (Å²) in [5.41, 5.74) is 0.288. The first-order valence-electron chi connectivity index (χ1n) is 8.01. The van der Waals surface area contributed by atoms with E-state index >= 15 is 0 Å². The van der Waals surface area contributed by atoms with Crippen LogP contribution in [-0.4, -0.2) is 63.0 Å². The van der Waals surface area contributed by atoms with Crippen LogP contribution in [0.2, 0.25) is 0 Å². The van der Waals surface area contributed by atoms with Crippen LogP contribution in [0.25, 0.3) is 0 Å². The van der Waals surface area contributed by atoms with Crippen LogP contribution < -0.4 is 5.32 Å². The normalized spacial score (nSPS) is 33.6. The van der Waals surface area contributed by atoms with Crippen LogP contribution in [0.15, 0.2) is 0 Å². The Kier molecular flexibility index (Phi) is 5.46. The van der Waals surface area contributed by atoms with Crippen molar-refractivity contribution in [1.29, 1.82) is 0 Å². The maximum atomic E-state index is 5.58. The molecule has 2 rings (SSSR count). The average molecular weight is 284 g/mol. The SMILES string of the molecule is COCC(CN1CC(C)(C2CC2)NCC1C(C)C)OC. The van der Waals surface area contributed by atoms with Crippen molar-refractivity contribution < 1.29 is 9.47 Å². The summed E-state index contributed by atoms with van der Waals surface area (Å²) in [6.45, 7) is 10.9. The van der Waals surface area contributed by atoms with E-state index in [0.717, 1.165) is 25.6 Å². The Morgan fingerprint density at radius 1 is 1.30 bits per heavy atom. The highest BCUT2D eigenvalue weighted by atomic mass is 16.5. The Morgan fingerprint density at radius 3 is 2.50 bits per heavy atom. The first-order valence-corrected chi connectivity index (χ1v) is 8.01.